The summed E-state index contributed by atoms with van der Waals surface area (Å²) in [6, 6.07) is 2.03. The smallest absolute Gasteiger partial charge is 0.203 e. The molecule has 4 nitrogen and oxygen atoms in total. The Balaban J connectivity index is 2.28. The first kappa shape index (κ1) is 14.3. The fraction of sp³-hybridized carbons (Fsp3) is 0.529. The highest BCUT2D eigenvalue weighted by molar-refractivity contribution is 5.82. The maximum absolute atomic E-state index is 10.4. The summed E-state index contributed by atoms with van der Waals surface area (Å²) in [6.45, 7) is 0. The molecule has 1 aromatic carbocycles. The third-order valence-electron chi connectivity index (χ3n) is 4.56. The van der Waals surface area contributed by atoms with Crippen LogP contribution in [0.4, 0.5) is 0 Å². The van der Waals surface area contributed by atoms with Gasteiger partial charge in [-0.2, -0.15) is 0 Å². The van der Waals surface area contributed by atoms with Crippen LogP contribution >= 0.6 is 0 Å². The molecule has 0 saturated heterocycles. The molecule has 0 aliphatic heterocycles. The number of aryl methyl sites for hydroxylation is 1. The molecule has 0 spiro atoms. The van der Waals surface area contributed by atoms with Gasteiger partial charge in [0.25, 0.3) is 0 Å². The molecule has 4 heteroatoms. The second-order valence-electron chi connectivity index (χ2n) is 5.59. The summed E-state index contributed by atoms with van der Waals surface area (Å²) >= 11 is 0. The molecule has 1 aromatic rings. The van der Waals surface area contributed by atoms with Crippen LogP contribution in [0.3, 0.4) is 0 Å². The van der Waals surface area contributed by atoms with Crippen molar-refractivity contribution in [3.8, 4) is 17.2 Å². The molecule has 0 amide bonds. The van der Waals surface area contributed by atoms with Crippen LogP contribution in [0.15, 0.2) is 11.6 Å². The van der Waals surface area contributed by atoms with Crippen LogP contribution in [0.5, 0.6) is 17.2 Å². The van der Waals surface area contributed by atoms with Gasteiger partial charge in [-0.25, -0.2) is 0 Å². The third-order valence-corrected chi connectivity index (χ3v) is 4.56. The molecule has 2 aliphatic carbocycles. The SMILES string of the molecule is COc1cc2c(c(OC)c1OC)C1=C(CCC1)C(O)CC2. The van der Waals surface area contributed by atoms with Gasteiger partial charge < -0.3 is 19.3 Å². The second kappa shape index (κ2) is 5.60. The number of hydrogen-bond acceptors (Lipinski definition) is 4. The monoisotopic (exact) mass is 290 g/mol. The lowest BCUT2D eigenvalue weighted by atomic mass is 9.95. The average Bonchev–Trinajstić information content (AvgIpc) is 2.95. The molecule has 2 aliphatic rings. The van der Waals surface area contributed by atoms with E-state index >= 15 is 0 Å². The summed E-state index contributed by atoms with van der Waals surface area (Å²) in [5.74, 6) is 2.05. The number of methoxy groups -OCH3 is 3. The minimum Gasteiger partial charge on any atom is -0.493 e. The molecule has 0 saturated carbocycles. The number of allylic oxidation sites excluding steroid dienone is 1. The molecule has 0 fully saturated rings. The quantitative estimate of drug-likeness (QED) is 0.929. The normalized spacial score (nSPS) is 20.7. The van der Waals surface area contributed by atoms with Crippen molar-refractivity contribution in [3.63, 3.8) is 0 Å². The zero-order valence-corrected chi connectivity index (χ0v) is 12.9. The lowest BCUT2D eigenvalue weighted by Gasteiger charge is -2.19. The molecule has 0 radical (unpaired) electrons. The molecule has 1 unspecified atom stereocenters. The fourth-order valence-electron chi connectivity index (χ4n) is 3.62. The molecule has 1 atom stereocenters. The number of ether oxygens (including phenoxy) is 3. The Morgan fingerprint density at radius 2 is 1.76 bits per heavy atom. The second-order valence-corrected chi connectivity index (χ2v) is 5.59. The standard InChI is InChI=1S/C17H22O4/c1-19-14-9-10-7-8-13(18)11-5-4-6-12(11)15(10)17(21-3)16(14)20-2/h9,13,18H,4-8H2,1-3H3. The number of aliphatic hydroxyl groups is 1. The zero-order chi connectivity index (χ0) is 15.0. The predicted molar refractivity (Wildman–Crippen MR) is 81.2 cm³/mol. The Labute approximate surface area is 125 Å². The molecule has 21 heavy (non-hydrogen) atoms. The topological polar surface area (TPSA) is 47.9 Å². The molecule has 3 rings (SSSR count). The Bertz CT molecular complexity index is 589. The van der Waals surface area contributed by atoms with E-state index < -0.39 is 0 Å². The highest BCUT2D eigenvalue weighted by Gasteiger charge is 2.31. The maximum Gasteiger partial charge on any atom is 0.203 e. The van der Waals surface area contributed by atoms with Crippen molar-refractivity contribution >= 4 is 5.57 Å². The summed E-state index contributed by atoms with van der Waals surface area (Å²) in [5, 5.41) is 10.4. The third kappa shape index (κ3) is 2.18. The molecule has 114 valence electrons. The molecule has 0 bridgehead atoms. The van der Waals surface area contributed by atoms with Gasteiger partial charge in [0, 0.05) is 5.56 Å². The highest BCUT2D eigenvalue weighted by Crippen LogP contribution is 2.50. The summed E-state index contributed by atoms with van der Waals surface area (Å²) in [6.07, 6.45) is 4.30. The van der Waals surface area contributed by atoms with Gasteiger partial charge in [0.2, 0.25) is 5.75 Å². The van der Waals surface area contributed by atoms with Gasteiger partial charge >= 0.3 is 0 Å². The van der Waals surface area contributed by atoms with E-state index in [0.29, 0.717) is 11.5 Å². The van der Waals surface area contributed by atoms with Crippen LogP contribution < -0.4 is 14.2 Å². The van der Waals surface area contributed by atoms with E-state index in [9.17, 15) is 5.11 Å². The first-order chi connectivity index (χ1) is 10.2. The Morgan fingerprint density at radius 1 is 1.00 bits per heavy atom. The van der Waals surface area contributed by atoms with E-state index in [1.54, 1.807) is 21.3 Å². The van der Waals surface area contributed by atoms with Crippen molar-refractivity contribution < 1.29 is 19.3 Å². The minimum absolute atomic E-state index is 0.336. The largest absolute Gasteiger partial charge is 0.493 e. The number of hydrogen-bond donors (Lipinski definition) is 1. The van der Waals surface area contributed by atoms with E-state index in [1.807, 2.05) is 6.07 Å². The summed E-state index contributed by atoms with van der Waals surface area (Å²) < 4.78 is 16.6. The van der Waals surface area contributed by atoms with Gasteiger partial charge in [-0.05, 0) is 54.9 Å². The van der Waals surface area contributed by atoms with Gasteiger partial charge in [0.15, 0.2) is 11.5 Å². The number of rotatable bonds is 3. The Morgan fingerprint density at radius 3 is 2.43 bits per heavy atom. The molecule has 1 N–H and O–H groups in total. The van der Waals surface area contributed by atoms with E-state index in [1.165, 1.54) is 16.7 Å². The van der Waals surface area contributed by atoms with Gasteiger partial charge in [0.05, 0.1) is 27.4 Å². The first-order valence-corrected chi connectivity index (χ1v) is 7.43. The van der Waals surface area contributed by atoms with E-state index in [-0.39, 0.29) is 6.10 Å². The van der Waals surface area contributed by atoms with Gasteiger partial charge in [-0.15, -0.1) is 0 Å². The molecular formula is C17H22O4. The van der Waals surface area contributed by atoms with Crippen molar-refractivity contribution in [2.24, 2.45) is 0 Å². The lowest BCUT2D eigenvalue weighted by molar-refractivity contribution is 0.199. The van der Waals surface area contributed by atoms with Crippen molar-refractivity contribution in [3.05, 3.63) is 22.8 Å². The van der Waals surface area contributed by atoms with Gasteiger partial charge in [-0.3, -0.25) is 0 Å². The van der Waals surface area contributed by atoms with Crippen LogP contribution in [-0.4, -0.2) is 32.5 Å². The van der Waals surface area contributed by atoms with Crippen LogP contribution in [-0.2, 0) is 6.42 Å². The highest BCUT2D eigenvalue weighted by atomic mass is 16.5. The van der Waals surface area contributed by atoms with Crippen molar-refractivity contribution in [2.75, 3.05) is 21.3 Å². The first-order valence-electron chi connectivity index (χ1n) is 7.43. The Kier molecular flexibility index (Phi) is 3.81. The maximum atomic E-state index is 10.4. The zero-order valence-electron chi connectivity index (χ0n) is 12.9. The van der Waals surface area contributed by atoms with E-state index in [4.69, 9.17) is 14.2 Å². The van der Waals surface area contributed by atoms with Crippen molar-refractivity contribution in [1.82, 2.24) is 0 Å². The lowest BCUT2D eigenvalue weighted by Crippen LogP contribution is -2.08. The van der Waals surface area contributed by atoms with Crippen molar-refractivity contribution in [2.45, 2.75) is 38.2 Å². The van der Waals surface area contributed by atoms with E-state index in [2.05, 4.69) is 0 Å². The molecular weight excluding hydrogens is 268 g/mol. The van der Waals surface area contributed by atoms with Crippen LogP contribution in [0.1, 0.15) is 36.8 Å². The minimum atomic E-state index is -0.336. The Hall–Kier alpha value is -1.68. The summed E-state index contributed by atoms with van der Waals surface area (Å²) in [7, 11) is 4.92. The molecule has 0 aromatic heterocycles. The fourth-order valence-corrected chi connectivity index (χ4v) is 3.62. The number of benzene rings is 1. The van der Waals surface area contributed by atoms with Gasteiger partial charge in [-0.1, -0.05) is 0 Å². The van der Waals surface area contributed by atoms with E-state index in [0.717, 1.165) is 43.4 Å². The summed E-state index contributed by atoms with van der Waals surface area (Å²) in [4.78, 5) is 0. The van der Waals surface area contributed by atoms with Crippen LogP contribution in [0, 0.1) is 0 Å². The average molecular weight is 290 g/mol. The predicted octanol–water partition coefficient (Wildman–Crippen LogP) is 2.96. The molecule has 0 heterocycles. The summed E-state index contributed by atoms with van der Waals surface area (Å²) in [5.41, 5.74) is 4.71. The van der Waals surface area contributed by atoms with Crippen molar-refractivity contribution in [1.29, 1.82) is 0 Å². The van der Waals surface area contributed by atoms with Crippen LogP contribution in [0.25, 0.3) is 5.57 Å². The van der Waals surface area contributed by atoms with Crippen LogP contribution in [0.2, 0.25) is 0 Å². The van der Waals surface area contributed by atoms with Gasteiger partial charge in [0.1, 0.15) is 0 Å². The number of fused-ring (bicyclic) bond motifs is 2. The number of aliphatic hydroxyl groups excluding tert-OH is 1.